The maximum Gasteiger partial charge on any atom is 0.125 e. The van der Waals surface area contributed by atoms with Gasteiger partial charge in [-0.15, -0.1) is 0 Å². The number of ether oxygens (including phenoxy) is 1. The predicted molar refractivity (Wildman–Crippen MR) is 85.6 cm³/mol. The number of nitrogens with one attached hydrogen (secondary N) is 1. The zero-order chi connectivity index (χ0) is 14.5. The number of benzene rings is 2. The predicted octanol–water partition coefficient (Wildman–Crippen LogP) is 4.26. The number of halogens is 2. The van der Waals surface area contributed by atoms with Crippen molar-refractivity contribution in [1.29, 1.82) is 0 Å². The molecule has 0 fully saturated rings. The molecule has 0 aromatic heterocycles. The van der Waals surface area contributed by atoms with Gasteiger partial charge in [-0.25, -0.2) is 0 Å². The van der Waals surface area contributed by atoms with E-state index in [9.17, 15) is 5.11 Å². The smallest absolute Gasteiger partial charge is 0.125 e. The number of hydrogen-bond donors (Lipinski definition) is 2. The van der Waals surface area contributed by atoms with Gasteiger partial charge in [-0.3, -0.25) is 0 Å². The van der Waals surface area contributed by atoms with Gasteiger partial charge in [-0.05, 0) is 36.4 Å². The molecular weight excluding hydrogens is 342 g/mol. The maximum absolute atomic E-state index is 9.65. The van der Waals surface area contributed by atoms with Crippen LogP contribution in [0.1, 0.15) is 11.6 Å². The largest absolute Gasteiger partial charge is 0.496 e. The number of methoxy groups -OCH3 is 1. The Labute approximate surface area is 131 Å². The molecule has 1 unspecified atom stereocenters. The molecule has 106 valence electrons. The van der Waals surface area contributed by atoms with Crippen molar-refractivity contribution in [2.75, 3.05) is 19.0 Å². The summed E-state index contributed by atoms with van der Waals surface area (Å²) in [4.78, 5) is 0. The summed E-state index contributed by atoms with van der Waals surface area (Å²) >= 11 is 9.62. The molecule has 2 N–H and O–H groups in total. The summed E-state index contributed by atoms with van der Waals surface area (Å²) in [6, 6.07) is 12.8. The maximum atomic E-state index is 9.65. The number of hydrogen-bond acceptors (Lipinski definition) is 3. The molecule has 2 aromatic rings. The van der Waals surface area contributed by atoms with Crippen LogP contribution in [0.5, 0.6) is 5.75 Å². The van der Waals surface area contributed by atoms with E-state index in [0.29, 0.717) is 10.8 Å². The van der Waals surface area contributed by atoms with Crippen LogP contribution in [-0.2, 0) is 0 Å². The van der Waals surface area contributed by atoms with Gasteiger partial charge >= 0.3 is 0 Å². The Morgan fingerprint density at radius 2 is 1.95 bits per heavy atom. The van der Waals surface area contributed by atoms with E-state index in [1.807, 2.05) is 36.4 Å². The monoisotopic (exact) mass is 355 g/mol. The molecule has 0 aliphatic rings. The number of aliphatic hydroxyl groups is 1. The lowest BCUT2D eigenvalue weighted by Crippen LogP contribution is -2.16. The van der Waals surface area contributed by atoms with Crippen molar-refractivity contribution in [2.45, 2.75) is 6.04 Å². The Bertz CT molecular complexity index is 575. The highest BCUT2D eigenvalue weighted by Crippen LogP contribution is 2.34. The summed E-state index contributed by atoms with van der Waals surface area (Å²) in [5, 5.41) is 13.5. The van der Waals surface area contributed by atoms with Gasteiger partial charge in [0.25, 0.3) is 0 Å². The first-order valence-electron chi connectivity index (χ1n) is 6.11. The minimum absolute atomic E-state index is 0.0871. The molecule has 0 saturated heterocycles. The van der Waals surface area contributed by atoms with Gasteiger partial charge in [0.15, 0.2) is 0 Å². The van der Waals surface area contributed by atoms with Crippen molar-refractivity contribution in [3.63, 3.8) is 0 Å². The summed E-state index contributed by atoms with van der Waals surface area (Å²) in [7, 11) is 1.59. The molecule has 0 radical (unpaired) electrons. The van der Waals surface area contributed by atoms with Gasteiger partial charge in [-0.2, -0.15) is 0 Å². The van der Waals surface area contributed by atoms with Crippen molar-refractivity contribution in [3.05, 3.63) is 57.5 Å². The Morgan fingerprint density at radius 3 is 2.55 bits per heavy atom. The van der Waals surface area contributed by atoms with Crippen LogP contribution in [0.2, 0.25) is 5.02 Å². The van der Waals surface area contributed by atoms with Gasteiger partial charge in [0, 0.05) is 20.7 Å². The Kier molecular flexibility index (Phi) is 5.29. The molecule has 0 spiro atoms. The van der Waals surface area contributed by atoms with Crippen LogP contribution in [0.25, 0.3) is 0 Å². The third-order valence-corrected chi connectivity index (χ3v) is 3.81. The van der Waals surface area contributed by atoms with Crippen molar-refractivity contribution < 1.29 is 9.84 Å². The van der Waals surface area contributed by atoms with Crippen LogP contribution in [0.4, 0.5) is 5.69 Å². The molecule has 0 heterocycles. The van der Waals surface area contributed by atoms with Crippen LogP contribution in [0.3, 0.4) is 0 Å². The summed E-state index contributed by atoms with van der Waals surface area (Å²) < 4.78 is 6.32. The lowest BCUT2D eigenvalue weighted by Gasteiger charge is -2.21. The second kappa shape index (κ2) is 6.97. The lowest BCUT2D eigenvalue weighted by atomic mass is 10.1. The fourth-order valence-electron chi connectivity index (χ4n) is 1.99. The molecule has 2 rings (SSSR count). The van der Waals surface area contributed by atoms with Crippen LogP contribution in [0.15, 0.2) is 46.9 Å². The van der Waals surface area contributed by atoms with Crippen LogP contribution < -0.4 is 10.1 Å². The highest BCUT2D eigenvalue weighted by molar-refractivity contribution is 9.10. The number of aliphatic hydroxyl groups excluding tert-OH is 1. The summed E-state index contributed by atoms with van der Waals surface area (Å²) in [6.45, 7) is -0.0871. The molecule has 0 aliphatic carbocycles. The molecule has 5 heteroatoms. The summed E-state index contributed by atoms with van der Waals surface area (Å²) in [5.41, 5.74) is 1.65. The van der Waals surface area contributed by atoms with E-state index in [1.165, 1.54) is 0 Å². The molecule has 20 heavy (non-hydrogen) atoms. The van der Waals surface area contributed by atoms with E-state index >= 15 is 0 Å². The third kappa shape index (κ3) is 3.45. The number of rotatable bonds is 5. The minimum atomic E-state index is -0.333. The van der Waals surface area contributed by atoms with Crippen LogP contribution >= 0.6 is 27.5 Å². The van der Waals surface area contributed by atoms with Crippen LogP contribution in [-0.4, -0.2) is 18.8 Å². The Morgan fingerprint density at radius 1 is 1.25 bits per heavy atom. The molecule has 0 bridgehead atoms. The minimum Gasteiger partial charge on any atom is -0.496 e. The number of anilines is 1. The zero-order valence-corrected chi connectivity index (χ0v) is 13.3. The molecule has 3 nitrogen and oxygen atoms in total. The third-order valence-electron chi connectivity index (χ3n) is 2.95. The molecule has 0 saturated carbocycles. The van der Waals surface area contributed by atoms with Gasteiger partial charge in [0.05, 0.1) is 19.8 Å². The zero-order valence-electron chi connectivity index (χ0n) is 10.9. The molecule has 2 aromatic carbocycles. The highest BCUT2D eigenvalue weighted by atomic mass is 79.9. The lowest BCUT2D eigenvalue weighted by molar-refractivity contribution is 0.273. The van der Waals surface area contributed by atoms with Gasteiger partial charge in [-0.1, -0.05) is 33.6 Å². The first-order chi connectivity index (χ1) is 9.65. The van der Waals surface area contributed by atoms with Gasteiger partial charge in [0.2, 0.25) is 0 Å². The van der Waals surface area contributed by atoms with Crippen molar-refractivity contribution >= 4 is 33.2 Å². The average molecular weight is 357 g/mol. The van der Waals surface area contributed by atoms with E-state index in [4.69, 9.17) is 16.3 Å². The Balaban J connectivity index is 2.31. The van der Waals surface area contributed by atoms with Crippen molar-refractivity contribution in [2.24, 2.45) is 0 Å². The van der Waals surface area contributed by atoms with E-state index < -0.39 is 0 Å². The van der Waals surface area contributed by atoms with E-state index in [2.05, 4.69) is 21.2 Å². The SMILES string of the molecule is COc1cccc(Cl)c1C(CO)Nc1ccc(Br)cc1. The summed E-state index contributed by atoms with van der Waals surface area (Å²) in [5.74, 6) is 0.654. The molecule has 1 atom stereocenters. The topological polar surface area (TPSA) is 41.5 Å². The average Bonchev–Trinajstić information content (AvgIpc) is 2.47. The second-order valence-corrected chi connectivity index (χ2v) is 5.57. The standard InChI is InChI=1S/C15H15BrClNO2/c1-20-14-4-2-3-12(17)15(14)13(9-19)18-11-7-5-10(16)6-8-11/h2-8,13,18-19H,9H2,1H3. The molecule has 0 amide bonds. The Hall–Kier alpha value is -1.23. The van der Waals surface area contributed by atoms with Gasteiger partial charge in [0.1, 0.15) is 5.75 Å². The molecule has 0 aliphatic heterocycles. The molecular formula is C15H15BrClNO2. The van der Waals surface area contributed by atoms with Crippen molar-refractivity contribution in [1.82, 2.24) is 0 Å². The first kappa shape index (κ1) is 15.2. The van der Waals surface area contributed by atoms with E-state index in [-0.39, 0.29) is 12.6 Å². The summed E-state index contributed by atoms with van der Waals surface area (Å²) in [6.07, 6.45) is 0. The second-order valence-electron chi connectivity index (χ2n) is 4.24. The van der Waals surface area contributed by atoms with Crippen molar-refractivity contribution in [3.8, 4) is 5.75 Å². The highest BCUT2D eigenvalue weighted by Gasteiger charge is 2.18. The van der Waals surface area contributed by atoms with E-state index in [1.54, 1.807) is 13.2 Å². The fraction of sp³-hybridized carbons (Fsp3) is 0.200. The van der Waals surface area contributed by atoms with E-state index in [0.717, 1.165) is 15.7 Å². The first-order valence-corrected chi connectivity index (χ1v) is 7.28. The normalized spacial score (nSPS) is 12.0. The fourth-order valence-corrected chi connectivity index (χ4v) is 2.55. The van der Waals surface area contributed by atoms with Crippen LogP contribution in [0, 0.1) is 0 Å². The van der Waals surface area contributed by atoms with Gasteiger partial charge < -0.3 is 15.2 Å². The quantitative estimate of drug-likeness (QED) is 0.841.